The minimum absolute atomic E-state index is 0.364. The lowest BCUT2D eigenvalue weighted by Gasteiger charge is -1.99. The first-order valence-corrected chi connectivity index (χ1v) is 9.83. The first-order chi connectivity index (χ1) is 12.3. The molecule has 0 aliphatic carbocycles. The molecule has 0 aromatic rings. The Morgan fingerprint density at radius 1 is 0.600 bits per heavy atom. The summed E-state index contributed by atoms with van der Waals surface area (Å²) < 4.78 is 0. The maximum Gasteiger partial charge on any atom is 0.0721 e. The molecule has 0 rings (SSSR count). The summed E-state index contributed by atoms with van der Waals surface area (Å²) in [6.45, 7) is 5.64. The third-order valence-corrected chi connectivity index (χ3v) is 3.80. The van der Waals surface area contributed by atoms with Crippen LogP contribution in [0.1, 0.15) is 71.1 Å². The highest BCUT2D eigenvalue weighted by Crippen LogP contribution is 2.03. The van der Waals surface area contributed by atoms with E-state index >= 15 is 0 Å². The molecule has 140 valence electrons. The van der Waals surface area contributed by atoms with Crippen molar-refractivity contribution in [3.63, 3.8) is 0 Å². The Kier molecular flexibility index (Phi) is 19.1. The van der Waals surface area contributed by atoms with Crippen molar-refractivity contribution < 1.29 is 5.11 Å². The van der Waals surface area contributed by atoms with E-state index in [1.807, 2.05) is 0 Å². The van der Waals surface area contributed by atoms with Gasteiger partial charge in [0.2, 0.25) is 0 Å². The zero-order valence-electron chi connectivity index (χ0n) is 16.2. The second kappa shape index (κ2) is 20.4. The van der Waals surface area contributed by atoms with Crippen LogP contribution in [0.3, 0.4) is 0 Å². The molecule has 0 aliphatic rings. The molecular weight excluding hydrogens is 304 g/mol. The second-order valence-corrected chi connectivity index (χ2v) is 6.14. The van der Waals surface area contributed by atoms with E-state index in [4.69, 9.17) is 0 Å². The van der Waals surface area contributed by atoms with Crippen molar-refractivity contribution in [1.29, 1.82) is 0 Å². The van der Waals surface area contributed by atoms with Crippen molar-refractivity contribution in [3.8, 4) is 0 Å². The maximum absolute atomic E-state index is 9.33. The molecule has 0 aliphatic heterocycles. The van der Waals surface area contributed by atoms with Gasteiger partial charge >= 0.3 is 0 Å². The SMILES string of the molecule is C=CC(O)CCC=CCCC=CCCC=CCCC=CCCC=CC. The van der Waals surface area contributed by atoms with Gasteiger partial charge in [-0.2, -0.15) is 0 Å². The Labute approximate surface area is 156 Å². The van der Waals surface area contributed by atoms with Gasteiger partial charge in [-0.25, -0.2) is 0 Å². The van der Waals surface area contributed by atoms with Crippen LogP contribution in [0.5, 0.6) is 0 Å². The van der Waals surface area contributed by atoms with Crippen molar-refractivity contribution >= 4 is 0 Å². The van der Waals surface area contributed by atoms with Gasteiger partial charge in [0.05, 0.1) is 6.10 Å². The Morgan fingerprint density at radius 3 is 1.24 bits per heavy atom. The van der Waals surface area contributed by atoms with Gasteiger partial charge in [0.15, 0.2) is 0 Å². The predicted octanol–water partition coefficient (Wildman–Crippen LogP) is 7.24. The number of rotatable bonds is 16. The molecule has 1 N–H and O–H groups in total. The van der Waals surface area contributed by atoms with Gasteiger partial charge in [0.1, 0.15) is 0 Å². The summed E-state index contributed by atoms with van der Waals surface area (Å²) >= 11 is 0. The third-order valence-electron chi connectivity index (χ3n) is 3.80. The number of allylic oxidation sites excluding steroid dienone is 10. The van der Waals surface area contributed by atoms with Crippen molar-refractivity contribution in [2.75, 3.05) is 0 Å². The zero-order valence-corrected chi connectivity index (χ0v) is 16.2. The van der Waals surface area contributed by atoms with Crippen LogP contribution in [-0.4, -0.2) is 11.2 Å². The lowest BCUT2D eigenvalue weighted by atomic mass is 10.1. The largest absolute Gasteiger partial charge is 0.389 e. The molecule has 0 heterocycles. The van der Waals surface area contributed by atoms with E-state index < -0.39 is 0 Å². The molecule has 0 amide bonds. The van der Waals surface area contributed by atoms with Gasteiger partial charge in [0, 0.05) is 0 Å². The fourth-order valence-electron chi connectivity index (χ4n) is 2.26. The van der Waals surface area contributed by atoms with Crippen LogP contribution in [0.25, 0.3) is 0 Å². The Balaban J connectivity index is 3.39. The first-order valence-electron chi connectivity index (χ1n) is 9.83. The second-order valence-electron chi connectivity index (χ2n) is 6.14. The minimum atomic E-state index is -0.364. The van der Waals surface area contributed by atoms with Crippen LogP contribution in [0.2, 0.25) is 0 Å². The average molecular weight is 343 g/mol. The van der Waals surface area contributed by atoms with E-state index in [1.165, 1.54) is 0 Å². The van der Waals surface area contributed by atoms with Gasteiger partial charge < -0.3 is 5.11 Å². The van der Waals surface area contributed by atoms with Crippen molar-refractivity contribution in [3.05, 3.63) is 73.4 Å². The Hall–Kier alpha value is -1.60. The molecule has 1 heteroatoms. The first kappa shape index (κ1) is 23.4. The predicted molar refractivity (Wildman–Crippen MR) is 114 cm³/mol. The lowest BCUT2D eigenvalue weighted by Crippen LogP contribution is -1.99. The molecule has 0 fully saturated rings. The van der Waals surface area contributed by atoms with E-state index in [0.29, 0.717) is 0 Å². The fourth-order valence-corrected chi connectivity index (χ4v) is 2.26. The van der Waals surface area contributed by atoms with Crippen LogP contribution in [0.4, 0.5) is 0 Å². The third kappa shape index (κ3) is 20.4. The highest BCUT2D eigenvalue weighted by Gasteiger charge is 1.93. The van der Waals surface area contributed by atoms with Gasteiger partial charge in [-0.15, -0.1) is 6.58 Å². The minimum Gasteiger partial charge on any atom is -0.389 e. The molecule has 1 atom stereocenters. The fraction of sp³-hybridized carbons (Fsp3) is 0.500. The van der Waals surface area contributed by atoms with Crippen molar-refractivity contribution in [2.45, 2.75) is 77.2 Å². The van der Waals surface area contributed by atoms with Gasteiger partial charge in [0.25, 0.3) is 0 Å². The quantitative estimate of drug-likeness (QED) is 0.231. The summed E-state index contributed by atoms with van der Waals surface area (Å²) in [6.07, 6.45) is 34.4. The molecule has 0 aromatic heterocycles. The van der Waals surface area contributed by atoms with Crippen LogP contribution in [0, 0.1) is 0 Å². The molecule has 0 aromatic carbocycles. The maximum atomic E-state index is 9.33. The van der Waals surface area contributed by atoms with E-state index in [2.05, 4.69) is 74.3 Å². The van der Waals surface area contributed by atoms with E-state index in [9.17, 15) is 5.11 Å². The van der Waals surface area contributed by atoms with Crippen LogP contribution in [-0.2, 0) is 0 Å². The van der Waals surface area contributed by atoms with Crippen LogP contribution >= 0.6 is 0 Å². The monoisotopic (exact) mass is 342 g/mol. The number of unbranched alkanes of at least 4 members (excludes halogenated alkanes) is 4. The van der Waals surface area contributed by atoms with E-state index in [1.54, 1.807) is 6.08 Å². The van der Waals surface area contributed by atoms with Crippen molar-refractivity contribution in [2.24, 2.45) is 0 Å². The van der Waals surface area contributed by atoms with Gasteiger partial charge in [-0.05, 0) is 71.1 Å². The van der Waals surface area contributed by atoms with Gasteiger partial charge in [-0.3, -0.25) is 0 Å². The Morgan fingerprint density at radius 2 is 0.920 bits per heavy atom. The molecular formula is C24H38O. The van der Waals surface area contributed by atoms with Crippen molar-refractivity contribution in [1.82, 2.24) is 0 Å². The normalized spacial score (nSPS) is 14.0. The molecule has 0 saturated carbocycles. The molecule has 25 heavy (non-hydrogen) atoms. The molecule has 0 spiro atoms. The number of hydrogen-bond donors (Lipinski definition) is 1. The summed E-state index contributed by atoms with van der Waals surface area (Å²) in [6, 6.07) is 0. The molecule has 1 nitrogen and oxygen atoms in total. The molecule has 0 radical (unpaired) electrons. The highest BCUT2D eigenvalue weighted by atomic mass is 16.3. The lowest BCUT2D eigenvalue weighted by molar-refractivity contribution is 0.214. The van der Waals surface area contributed by atoms with Crippen LogP contribution in [0.15, 0.2) is 73.4 Å². The summed E-state index contributed by atoms with van der Waals surface area (Å²) in [4.78, 5) is 0. The number of aliphatic hydroxyl groups is 1. The smallest absolute Gasteiger partial charge is 0.0721 e. The highest BCUT2D eigenvalue weighted by molar-refractivity contribution is 4.93. The average Bonchev–Trinajstić information content (AvgIpc) is 2.63. The number of hydrogen-bond acceptors (Lipinski definition) is 1. The zero-order chi connectivity index (χ0) is 18.4. The topological polar surface area (TPSA) is 20.2 Å². The molecule has 1 unspecified atom stereocenters. The van der Waals surface area contributed by atoms with E-state index in [0.717, 1.165) is 64.2 Å². The Bertz CT molecular complexity index is 423. The number of aliphatic hydroxyl groups excluding tert-OH is 1. The van der Waals surface area contributed by atoms with E-state index in [-0.39, 0.29) is 6.10 Å². The molecule has 0 saturated heterocycles. The summed E-state index contributed by atoms with van der Waals surface area (Å²) in [5.74, 6) is 0. The van der Waals surface area contributed by atoms with Crippen LogP contribution < -0.4 is 0 Å². The molecule has 0 bridgehead atoms. The standard InChI is InChI=1S/C24H38O/c1-3-5-6-7-8-9-10-11-12-13-14-15-16-17-18-19-20-21-22-23-24(25)4-2/h3-5,8-9,12-13,16-17,20-21,24-25H,2,6-7,10-11,14-15,18-19,22-23H2,1H3. The van der Waals surface area contributed by atoms with Gasteiger partial charge in [-0.1, -0.05) is 66.8 Å². The summed E-state index contributed by atoms with van der Waals surface area (Å²) in [5, 5.41) is 9.33. The summed E-state index contributed by atoms with van der Waals surface area (Å²) in [5.41, 5.74) is 0. The summed E-state index contributed by atoms with van der Waals surface area (Å²) in [7, 11) is 0.